The normalized spacial score (nSPS) is 34.8. The maximum Gasteiger partial charge on any atom is 0.122 e. The minimum atomic E-state index is -1.03. The van der Waals surface area contributed by atoms with Gasteiger partial charge in [-0.1, -0.05) is 6.42 Å². The molecular weight excluding hydrogens is 184 g/mol. The predicted octanol–water partition coefficient (Wildman–Crippen LogP) is 1.45. The molecule has 3 N–H and O–H groups in total. The monoisotopic (exact) mass is 198 g/mol. The van der Waals surface area contributed by atoms with Crippen molar-refractivity contribution in [3.63, 3.8) is 0 Å². The average Bonchev–Trinajstić information content (AvgIpc) is 2.55. The number of rotatable bonds is 1. The van der Waals surface area contributed by atoms with Crippen LogP contribution in [0.3, 0.4) is 0 Å². The molecule has 0 aliphatic heterocycles. The fraction of sp³-hybridized carbons (Fsp3) is 0.667. The lowest BCUT2D eigenvalue weighted by molar-refractivity contribution is -0.0112. The molecule has 0 amide bonds. The zero-order valence-electron chi connectivity index (χ0n) is 7.44. The van der Waals surface area contributed by atoms with Crippen LogP contribution in [0, 0.1) is 0 Å². The molecule has 1 aliphatic rings. The first-order valence-corrected chi connectivity index (χ1v) is 5.49. The number of nitrogens with two attached hydrogens (primary N) is 1. The summed E-state index contributed by atoms with van der Waals surface area (Å²) < 4.78 is 0. The highest BCUT2D eigenvalue weighted by Gasteiger charge is 2.37. The molecule has 2 rings (SSSR count). The van der Waals surface area contributed by atoms with E-state index >= 15 is 0 Å². The number of hydrogen-bond acceptors (Lipinski definition) is 4. The van der Waals surface area contributed by atoms with Crippen LogP contribution in [0.2, 0.25) is 0 Å². The van der Waals surface area contributed by atoms with Crippen molar-refractivity contribution >= 4 is 11.3 Å². The van der Waals surface area contributed by atoms with Gasteiger partial charge in [0, 0.05) is 11.6 Å². The summed E-state index contributed by atoms with van der Waals surface area (Å²) in [6.45, 7) is 0. The van der Waals surface area contributed by atoms with Gasteiger partial charge in [-0.2, -0.15) is 0 Å². The molecule has 0 saturated heterocycles. The molecule has 1 heterocycles. The number of hydrogen-bond donors (Lipinski definition) is 2. The van der Waals surface area contributed by atoms with Crippen molar-refractivity contribution in [1.82, 2.24) is 4.98 Å². The molecule has 1 fully saturated rings. The summed E-state index contributed by atoms with van der Waals surface area (Å²) in [7, 11) is 0. The molecule has 1 aromatic heterocycles. The molecule has 4 heteroatoms. The summed E-state index contributed by atoms with van der Waals surface area (Å²) in [6, 6.07) is 0. The van der Waals surface area contributed by atoms with Crippen LogP contribution < -0.4 is 5.73 Å². The summed E-state index contributed by atoms with van der Waals surface area (Å²) in [4.78, 5) is 4.21. The predicted molar refractivity (Wildman–Crippen MR) is 52.5 cm³/mol. The number of aliphatic hydroxyl groups is 1. The number of thiazole rings is 1. The smallest absolute Gasteiger partial charge is 0.122 e. The van der Waals surface area contributed by atoms with Crippen molar-refractivity contribution in [2.45, 2.75) is 37.3 Å². The fourth-order valence-corrected chi connectivity index (χ4v) is 2.79. The second kappa shape index (κ2) is 3.36. The third-order valence-electron chi connectivity index (χ3n) is 2.67. The largest absolute Gasteiger partial charge is 0.375 e. The van der Waals surface area contributed by atoms with E-state index in [0.717, 1.165) is 24.3 Å². The molecule has 1 aromatic rings. The Morgan fingerprint density at radius 1 is 1.62 bits per heavy atom. The lowest BCUT2D eigenvalue weighted by Crippen LogP contribution is -2.47. The minimum Gasteiger partial charge on any atom is -0.375 e. The zero-order valence-corrected chi connectivity index (χ0v) is 8.26. The van der Waals surface area contributed by atoms with Crippen molar-refractivity contribution < 1.29 is 5.11 Å². The van der Waals surface area contributed by atoms with Crippen LogP contribution in [-0.2, 0) is 0 Å². The van der Waals surface area contributed by atoms with Crippen LogP contribution in [0.1, 0.15) is 36.6 Å². The maximum atomic E-state index is 9.95. The molecular formula is C9H14N2OS. The Kier molecular flexibility index (Phi) is 2.36. The molecule has 2 unspecified atom stereocenters. The van der Waals surface area contributed by atoms with E-state index in [-0.39, 0.29) is 5.92 Å². The molecule has 1 saturated carbocycles. The molecule has 0 aromatic carbocycles. The van der Waals surface area contributed by atoms with Gasteiger partial charge in [0.25, 0.3) is 0 Å². The van der Waals surface area contributed by atoms with E-state index in [1.165, 1.54) is 0 Å². The van der Waals surface area contributed by atoms with Gasteiger partial charge in [-0.15, -0.1) is 11.3 Å². The molecule has 3 nitrogen and oxygen atoms in total. The molecule has 2 atom stereocenters. The first kappa shape index (κ1) is 9.12. The van der Waals surface area contributed by atoms with Gasteiger partial charge < -0.3 is 10.8 Å². The fourth-order valence-electron chi connectivity index (χ4n) is 1.92. The molecule has 1 aliphatic carbocycles. The van der Waals surface area contributed by atoms with Gasteiger partial charge in [0.05, 0.1) is 10.9 Å². The summed E-state index contributed by atoms with van der Waals surface area (Å²) in [6.07, 6.45) is 5.58. The van der Waals surface area contributed by atoms with E-state index in [4.69, 9.17) is 5.73 Å². The van der Waals surface area contributed by atoms with E-state index in [2.05, 4.69) is 4.98 Å². The van der Waals surface area contributed by atoms with E-state index in [9.17, 15) is 5.11 Å². The lowest BCUT2D eigenvalue weighted by atomic mass is 9.82. The van der Waals surface area contributed by atoms with Crippen molar-refractivity contribution in [2.75, 3.05) is 0 Å². The summed E-state index contributed by atoms with van der Waals surface area (Å²) in [5, 5.41) is 12.9. The molecule has 0 radical (unpaired) electrons. The van der Waals surface area contributed by atoms with Crippen LogP contribution in [0.25, 0.3) is 0 Å². The van der Waals surface area contributed by atoms with Gasteiger partial charge in [-0.05, 0) is 19.3 Å². The Balaban J connectivity index is 2.21. The highest BCUT2D eigenvalue weighted by atomic mass is 32.1. The van der Waals surface area contributed by atoms with Gasteiger partial charge in [0.1, 0.15) is 5.72 Å². The lowest BCUT2D eigenvalue weighted by Gasteiger charge is -2.35. The van der Waals surface area contributed by atoms with Gasteiger partial charge >= 0.3 is 0 Å². The van der Waals surface area contributed by atoms with Gasteiger partial charge in [0.2, 0.25) is 0 Å². The zero-order chi connectivity index (χ0) is 9.31. The Morgan fingerprint density at radius 3 is 3.08 bits per heavy atom. The maximum absolute atomic E-state index is 9.95. The van der Waals surface area contributed by atoms with E-state index in [0.29, 0.717) is 6.42 Å². The van der Waals surface area contributed by atoms with Crippen molar-refractivity contribution in [3.05, 3.63) is 16.6 Å². The highest BCUT2D eigenvalue weighted by Crippen LogP contribution is 2.38. The standard InChI is InChI=1S/C9H14N2OS/c10-9(12)4-2-1-3-7(9)8-11-5-6-13-8/h5-7,12H,1-4,10H2. The van der Waals surface area contributed by atoms with E-state index in [1.807, 2.05) is 5.38 Å². The SMILES string of the molecule is NC1(O)CCCCC1c1nccs1. The molecule has 0 spiro atoms. The van der Waals surface area contributed by atoms with Crippen LogP contribution in [0.15, 0.2) is 11.6 Å². The molecule has 0 bridgehead atoms. The number of aromatic nitrogens is 1. The molecule has 72 valence electrons. The van der Waals surface area contributed by atoms with Gasteiger partial charge in [-0.25, -0.2) is 4.98 Å². The number of nitrogens with zero attached hydrogens (tertiary/aromatic N) is 1. The molecule has 13 heavy (non-hydrogen) atoms. The van der Waals surface area contributed by atoms with Gasteiger partial charge in [-0.3, -0.25) is 0 Å². The van der Waals surface area contributed by atoms with Crippen LogP contribution in [-0.4, -0.2) is 15.8 Å². The van der Waals surface area contributed by atoms with Crippen molar-refractivity contribution in [3.8, 4) is 0 Å². The Hall–Kier alpha value is -0.450. The Labute approximate surface area is 81.6 Å². The second-order valence-corrected chi connectivity index (χ2v) is 4.59. The van der Waals surface area contributed by atoms with E-state index in [1.54, 1.807) is 17.5 Å². The summed E-state index contributed by atoms with van der Waals surface area (Å²) in [5.41, 5.74) is 4.80. The van der Waals surface area contributed by atoms with E-state index < -0.39 is 5.72 Å². The first-order valence-electron chi connectivity index (χ1n) is 4.61. The van der Waals surface area contributed by atoms with Crippen molar-refractivity contribution in [2.24, 2.45) is 5.73 Å². The quantitative estimate of drug-likeness (QED) is 0.671. The Morgan fingerprint density at radius 2 is 2.46 bits per heavy atom. The van der Waals surface area contributed by atoms with Crippen molar-refractivity contribution in [1.29, 1.82) is 0 Å². The average molecular weight is 198 g/mol. The summed E-state index contributed by atoms with van der Waals surface area (Å²) >= 11 is 1.58. The Bertz CT molecular complexity index is 271. The van der Waals surface area contributed by atoms with Gasteiger partial charge in [0.15, 0.2) is 0 Å². The van der Waals surface area contributed by atoms with Crippen LogP contribution in [0.4, 0.5) is 0 Å². The topological polar surface area (TPSA) is 59.1 Å². The third-order valence-corrected chi connectivity index (χ3v) is 3.56. The third kappa shape index (κ3) is 1.75. The minimum absolute atomic E-state index is 0.0428. The van der Waals surface area contributed by atoms with Crippen LogP contribution in [0.5, 0.6) is 0 Å². The summed E-state index contributed by atoms with van der Waals surface area (Å²) in [5.74, 6) is 0.0428. The first-order chi connectivity index (χ1) is 6.20. The second-order valence-electron chi connectivity index (χ2n) is 3.66. The van der Waals surface area contributed by atoms with Crippen LogP contribution >= 0.6 is 11.3 Å². The highest BCUT2D eigenvalue weighted by molar-refractivity contribution is 7.09.